The highest BCUT2D eigenvalue weighted by Gasteiger charge is 2.28. The lowest BCUT2D eigenvalue weighted by Gasteiger charge is -2.32. The summed E-state index contributed by atoms with van der Waals surface area (Å²) in [6.45, 7) is -1.61. The molecular formula is C15H21F2NO2. The first kappa shape index (κ1) is 15.2. The second-order valence-corrected chi connectivity index (χ2v) is 5.41. The van der Waals surface area contributed by atoms with Crippen molar-refractivity contribution in [2.45, 2.75) is 50.9 Å². The Morgan fingerprint density at radius 3 is 2.40 bits per heavy atom. The molecule has 1 aliphatic rings. The minimum Gasteiger partial charge on any atom is -0.435 e. The Hall–Kier alpha value is -1.20. The lowest BCUT2D eigenvalue weighted by molar-refractivity contribution is -0.0498. The highest BCUT2D eigenvalue weighted by molar-refractivity contribution is 5.27. The van der Waals surface area contributed by atoms with Crippen molar-refractivity contribution in [3.05, 3.63) is 29.8 Å². The zero-order valence-corrected chi connectivity index (χ0v) is 11.4. The molecule has 0 aliphatic heterocycles. The molecule has 1 aliphatic carbocycles. The molecule has 2 rings (SSSR count). The van der Waals surface area contributed by atoms with E-state index in [9.17, 15) is 13.9 Å². The van der Waals surface area contributed by atoms with E-state index in [2.05, 4.69) is 10.1 Å². The van der Waals surface area contributed by atoms with Gasteiger partial charge in [-0.25, -0.2) is 0 Å². The van der Waals surface area contributed by atoms with Crippen LogP contribution in [0.1, 0.15) is 37.7 Å². The number of halogens is 2. The molecule has 0 spiro atoms. The van der Waals surface area contributed by atoms with Crippen molar-refractivity contribution in [2.24, 2.45) is 0 Å². The summed E-state index contributed by atoms with van der Waals surface area (Å²) in [6.07, 6.45) is 5.06. The van der Waals surface area contributed by atoms with Crippen molar-refractivity contribution in [2.75, 3.05) is 6.54 Å². The summed E-state index contributed by atoms with van der Waals surface area (Å²) in [7, 11) is 0. The molecule has 5 heteroatoms. The molecule has 112 valence electrons. The first-order chi connectivity index (χ1) is 9.57. The van der Waals surface area contributed by atoms with Gasteiger partial charge in [0.15, 0.2) is 0 Å². The molecule has 2 N–H and O–H groups in total. The molecule has 1 fully saturated rings. The van der Waals surface area contributed by atoms with Crippen LogP contribution in [0.3, 0.4) is 0 Å². The third kappa shape index (κ3) is 4.72. The van der Waals surface area contributed by atoms with Gasteiger partial charge in [-0.05, 0) is 30.5 Å². The lowest BCUT2D eigenvalue weighted by Crippen LogP contribution is -2.41. The minimum atomic E-state index is -2.79. The van der Waals surface area contributed by atoms with Gasteiger partial charge in [0.05, 0.1) is 5.60 Å². The van der Waals surface area contributed by atoms with Crippen molar-refractivity contribution in [3.63, 3.8) is 0 Å². The summed E-state index contributed by atoms with van der Waals surface area (Å²) in [4.78, 5) is 0. The van der Waals surface area contributed by atoms with E-state index in [0.29, 0.717) is 13.1 Å². The Labute approximate surface area is 117 Å². The third-order valence-corrected chi connectivity index (χ3v) is 3.72. The number of hydrogen-bond donors (Lipinski definition) is 2. The molecule has 1 aromatic rings. The van der Waals surface area contributed by atoms with Gasteiger partial charge in [-0.15, -0.1) is 0 Å². The molecule has 3 nitrogen and oxygen atoms in total. The molecule has 1 aromatic carbocycles. The van der Waals surface area contributed by atoms with Crippen LogP contribution in [0.5, 0.6) is 5.75 Å². The van der Waals surface area contributed by atoms with Crippen molar-refractivity contribution in [1.29, 1.82) is 0 Å². The van der Waals surface area contributed by atoms with E-state index in [4.69, 9.17) is 0 Å². The standard InChI is InChI=1S/C15H21F2NO2/c16-14(17)20-13-6-4-12(5-7-13)10-18-11-15(19)8-2-1-3-9-15/h4-7,14,18-19H,1-3,8-11H2. The molecule has 20 heavy (non-hydrogen) atoms. The quantitative estimate of drug-likeness (QED) is 0.844. The van der Waals surface area contributed by atoms with E-state index in [0.717, 1.165) is 31.2 Å². The van der Waals surface area contributed by atoms with Crippen LogP contribution >= 0.6 is 0 Å². The van der Waals surface area contributed by atoms with Crippen LogP contribution in [0.25, 0.3) is 0 Å². The molecule has 0 amide bonds. The molecule has 0 unspecified atom stereocenters. The van der Waals surface area contributed by atoms with Crippen LogP contribution in [-0.4, -0.2) is 23.9 Å². The second kappa shape index (κ2) is 6.99. The fourth-order valence-corrected chi connectivity index (χ4v) is 2.61. The van der Waals surface area contributed by atoms with Gasteiger partial charge in [0.25, 0.3) is 0 Å². The summed E-state index contributed by atoms with van der Waals surface area (Å²) >= 11 is 0. The van der Waals surface area contributed by atoms with Crippen LogP contribution in [-0.2, 0) is 6.54 Å². The number of aliphatic hydroxyl groups is 1. The molecule has 0 radical (unpaired) electrons. The van der Waals surface area contributed by atoms with Gasteiger partial charge in [-0.3, -0.25) is 0 Å². The van der Waals surface area contributed by atoms with Gasteiger partial charge in [0.2, 0.25) is 0 Å². The van der Waals surface area contributed by atoms with Crippen molar-refractivity contribution in [1.82, 2.24) is 5.32 Å². The van der Waals surface area contributed by atoms with Crippen LogP contribution in [0.15, 0.2) is 24.3 Å². The predicted molar refractivity (Wildman–Crippen MR) is 72.8 cm³/mol. The smallest absolute Gasteiger partial charge is 0.387 e. The maximum Gasteiger partial charge on any atom is 0.387 e. The maximum absolute atomic E-state index is 12.0. The number of ether oxygens (including phenoxy) is 1. The molecule has 0 saturated heterocycles. The van der Waals surface area contributed by atoms with Gasteiger partial charge in [0.1, 0.15) is 5.75 Å². The molecular weight excluding hydrogens is 264 g/mol. The largest absolute Gasteiger partial charge is 0.435 e. The van der Waals surface area contributed by atoms with Crippen LogP contribution in [0.2, 0.25) is 0 Å². The van der Waals surface area contributed by atoms with Crippen LogP contribution in [0, 0.1) is 0 Å². The summed E-state index contributed by atoms with van der Waals surface area (Å²) in [5.74, 6) is 0.162. The fourth-order valence-electron chi connectivity index (χ4n) is 2.61. The van der Waals surface area contributed by atoms with E-state index >= 15 is 0 Å². The zero-order valence-electron chi connectivity index (χ0n) is 11.4. The first-order valence-electron chi connectivity index (χ1n) is 7.04. The minimum absolute atomic E-state index is 0.162. The molecule has 0 atom stereocenters. The van der Waals surface area contributed by atoms with Crippen molar-refractivity contribution in [3.8, 4) is 5.75 Å². The first-order valence-corrected chi connectivity index (χ1v) is 7.04. The van der Waals surface area contributed by atoms with Gasteiger partial charge in [-0.1, -0.05) is 31.4 Å². The zero-order chi connectivity index (χ0) is 14.4. The van der Waals surface area contributed by atoms with Crippen molar-refractivity contribution < 1.29 is 18.6 Å². The Morgan fingerprint density at radius 1 is 1.15 bits per heavy atom. The van der Waals surface area contributed by atoms with E-state index < -0.39 is 12.2 Å². The molecule has 0 bridgehead atoms. The highest BCUT2D eigenvalue weighted by atomic mass is 19.3. The SMILES string of the molecule is OC1(CNCc2ccc(OC(F)F)cc2)CCCCC1. The Balaban J connectivity index is 1.76. The van der Waals surface area contributed by atoms with Gasteiger partial charge in [-0.2, -0.15) is 8.78 Å². The number of rotatable bonds is 6. The van der Waals surface area contributed by atoms with Crippen molar-refractivity contribution >= 4 is 0 Å². The Morgan fingerprint density at radius 2 is 1.80 bits per heavy atom. The molecule has 1 saturated carbocycles. The van der Waals surface area contributed by atoms with Crippen LogP contribution < -0.4 is 10.1 Å². The Kier molecular flexibility index (Phi) is 5.31. The monoisotopic (exact) mass is 285 g/mol. The average molecular weight is 285 g/mol. The summed E-state index contributed by atoms with van der Waals surface area (Å²) < 4.78 is 28.3. The van der Waals surface area contributed by atoms with Gasteiger partial charge < -0.3 is 15.2 Å². The van der Waals surface area contributed by atoms with E-state index in [1.165, 1.54) is 18.6 Å². The normalized spacial score (nSPS) is 18.2. The maximum atomic E-state index is 12.0. The summed E-state index contributed by atoms with van der Waals surface area (Å²) in [5, 5.41) is 13.6. The molecule has 0 heterocycles. The second-order valence-electron chi connectivity index (χ2n) is 5.41. The topological polar surface area (TPSA) is 41.5 Å². The lowest BCUT2D eigenvalue weighted by atomic mass is 9.85. The average Bonchev–Trinajstić information content (AvgIpc) is 2.41. The summed E-state index contributed by atoms with van der Waals surface area (Å²) in [6, 6.07) is 6.54. The van der Waals surface area contributed by atoms with E-state index in [1.807, 2.05) is 0 Å². The van der Waals surface area contributed by atoms with Crippen LogP contribution in [0.4, 0.5) is 8.78 Å². The number of alkyl halides is 2. The third-order valence-electron chi connectivity index (χ3n) is 3.72. The Bertz CT molecular complexity index is 403. The summed E-state index contributed by atoms with van der Waals surface area (Å²) in [5.41, 5.74) is 0.391. The predicted octanol–water partition coefficient (Wildman–Crippen LogP) is 3.07. The highest BCUT2D eigenvalue weighted by Crippen LogP contribution is 2.27. The van der Waals surface area contributed by atoms with Gasteiger partial charge >= 0.3 is 6.61 Å². The number of nitrogens with one attached hydrogen (secondary N) is 1. The fraction of sp³-hybridized carbons (Fsp3) is 0.600. The number of benzene rings is 1. The van der Waals surface area contributed by atoms with Gasteiger partial charge in [0, 0.05) is 13.1 Å². The van der Waals surface area contributed by atoms with E-state index in [-0.39, 0.29) is 5.75 Å². The van der Waals surface area contributed by atoms with E-state index in [1.54, 1.807) is 12.1 Å². The number of hydrogen-bond acceptors (Lipinski definition) is 3. The molecule has 0 aromatic heterocycles.